The van der Waals surface area contributed by atoms with E-state index in [2.05, 4.69) is 54.2 Å². The van der Waals surface area contributed by atoms with Gasteiger partial charge in [-0.2, -0.15) is 0 Å². The molecule has 6 unspecified atom stereocenters. The number of aromatic amines is 1. The van der Waals surface area contributed by atoms with Gasteiger partial charge in [0.1, 0.15) is 5.78 Å². The number of nitrogens with zero attached hydrogens (tertiary/aromatic N) is 1. The molecule has 1 aromatic carbocycles. The van der Waals surface area contributed by atoms with E-state index in [0.29, 0.717) is 35.5 Å². The van der Waals surface area contributed by atoms with E-state index < -0.39 is 0 Å². The Morgan fingerprint density at radius 2 is 1.93 bits per heavy atom. The summed E-state index contributed by atoms with van der Waals surface area (Å²) in [7, 11) is 0. The van der Waals surface area contributed by atoms with Gasteiger partial charge in [0.25, 0.3) is 0 Å². The number of nitrogens with one attached hydrogen (secondary N) is 1. The average Bonchev–Trinajstić information content (AvgIpc) is 3.11. The van der Waals surface area contributed by atoms with Crippen molar-refractivity contribution in [1.29, 1.82) is 0 Å². The number of carbonyl (C=O) groups is 1. The molecule has 0 spiro atoms. The third-order valence-corrected chi connectivity index (χ3v) is 8.38. The number of hydrogen-bond acceptors (Lipinski definition) is 2. The quantitative estimate of drug-likeness (QED) is 0.762. The topological polar surface area (TPSA) is 36.1 Å². The molecule has 6 rings (SSSR count). The van der Waals surface area contributed by atoms with Crippen LogP contribution >= 0.6 is 0 Å². The monoisotopic (exact) mass is 378 g/mol. The van der Waals surface area contributed by atoms with Gasteiger partial charge in [-0.3, -0.25) is 9.69 Å². The minimum absolute atomic E-state index is 0.293. The first-order valence-corrected chi connectivity index (χ1v) is 11.5. The van der Waals surface area contributed by atoms with Crippen LogP contribution in [0.3, 0.4) is 0 Å². The second-order valence-electron chi connectivity index (χ2n) is 9.53. The lowest BCUT2D eigenvalue weighted by atomic mass is 9.54. The molecule has 3 heterocycles. The predicted molar refractivity (Wildman–Crippen MR) is 114 cm³/mol. The van der Waals surface area contributed by atoms with Crippen molar-refractivity contribution in [2.45, 2.75) is 58.4 Å². The van der Waals surface area contributed by atoms with E-state index in [1.54, 1.807) is 0 Å². The molecule has 0 amide bonds. The van der Waals surface area contributed by atoms with Gasteiger partial charge in [-0.05, 0) is 55.1 Å². The summed E-state index contributed by atoms with van der Waals surface area (Å²) in [6.07, 6.45) is 9.50. The standard InChI is InChI=1S/C25H34N2O/c1-3-16-9-10-21(16)23-24-17(4-2)13-19(25(23)28)15-27(24)12-11-18-14-26-22-8-6-5-7-20(18)22/h5-8,14,16-17,19,21,23-24,26H,3-4,9-13,15H2,1-2H3. The average molecular weight is 379 g/mol. The molecular formula is C25H34N2O. The van der Waals surface area contributed by atoms with Gasteiger partial charge in [-0.15, -0.1) is 0 Å². The summed E-state index contributed by atoms with van der Waals surface area (Å²) in [5.41, 5.74) is 2.65. The van der Waals surface area contributed by atoms with Crippen LogP contribution in [-0.4, -0.2) is 34.8 Å². The van der Waals surface area contributed by atoms with Gasteiger partial charge in [0.05, 0.1) is 0 Å². The van der Waals surface area contributed by atoms with Crippen LogP contribution in [0.15, 0.2) is 30.5 Å². The van der Waals surface area contributed by atoms with Crippen molar-refractivity contribution in [1.82, 2.24) is 9.88 Å². The van der Waals surface area contributed by atoms with Crippen molar-refractivity contribution in [3.63, 3.8) is 0 Å². The zero-order chi connectivity index (χ0) is 19.3. The van der Waals surface area contributed by atoms with Crippen molar-refractivity contribution >= 4 is 16.7 Å². The molecule has 3 heteroatoms. The Hall–Kier alpha value is -1.61. The predicted octanol–water partition coefficient (Wildman–Crippen LogP) is 5.06. The van der Waals surface area contributed by atoms with Crippen LogP contribution in [0.25, 0.3) is 10.9 Å². The van der Waals surface area contributed by atoms with Gasteiger partial charge in [0.2, 0.25) is 0 Å². The van der Waals surface area contributed by atoms with Crippen molar-refractivity contribution in [3.05, 3.63) is 36.0 Å². The number of aromatic nitrogens is 1. The maximum absolute atomic E-state index is 13.3. The van der Waals surface area contributed by atoms with Crippen LogP contribution in [-0.2, 0) is 11.2 Å². The highest BCUT2D eigenvalue weighted by Crippen LogP contribution is 2.52. The summed E-state index contributed by atoms with van der Waals surface area (Å²) in [5.74, 6) is 3.40. The maximum atomic E-state index is 13.3. The number of carbonyl (C=O) groups excluding carboxylic acids is 1. The van der Waals surface area contributed by atoms with Crippen molar-refractivity contribution in [2.24, 2.45) is 29.6 Å². The van der Waals surface area contributed by atoms with E-state index in [1.165, 1.54) is 42.1 Å². The fraction of sp³-hybridized carbons (Fsp3) is 0.640. The number of para-hydroxylation sites is 1. The summed E-state index contributed by atoms with van der Waals surface area (Å²) < 4.78 is 0. The number of rotatable bonds is 6. The number of piperidine rings is 2. The Balaban J connectivity index is 1.37. The lowest BCUT2D eigenvalue weighted by molar-refractivity contribution is -0.155. The second-order valence-corrected chi connectivity index (χ2v) is 9.53. The SMILES string of the molecule is CCC1CCC1C1C(=O)C2CC(CC)C1N(CCc1c[nH]c3ccccc13)C2. The molecule has 2 aromatic rings. The van der Waals surface area contributed by atoms with E-state index in [9.17, 15) is 4.79 Å². The zero-order valence-electron chi connectivity index (χ0n) is 17.4. The molecule has 2 saturated carbocycles. The van der Waals surface area contributed by atoms with Gasteiger partial charge < -0.3 is 4.98 Å². The molecule has 0 radical (unpaired) electrons. The fourth-order valence-corrected chi connectivity index (χ4v) is 6.74. The Kier molecular flexibility index (Phi) is 4.82. The van der Waals surface area contributed by atoms with Crippen LogP contribution in [0.2, 0.25) is 0 Å². The highest BCUT2D eigenvalue weighted by Gasteiger charge is 2.55. The molecule has 2 aliphatic carbocycles. The molecule has 2 aliphatic heterocycles. The fourth-order valence-electron chi connectivity index (χ4n) is 6.74. The van der Waals surface area contributed by atoms with Crippen LogP contribution in [0.1, 0.15) is 51.5 Å². The van der Waals surface area contributed by atoms with Crippen LogP contribution in [0, 0.1) is 29.6 Å². The molecule has 1 aromatic heterocycles. The minimum atomic E-state index is 0.293. The summed E-state index contributed by atoms with van der Waals surface area (Å²) in [5, 5.41) is 1.36. The van der Waals surface area contributed by atoms with Crippen LogP contribution in [0.5, 0.6) is 0 Å². The summed E-state index contributed by atoms with van der Waals surface area (Å²) in [4.78, 5) is 19.4. The summed E-state index contributed by atoms with van der Waals surface area (Å²) >= 11 is 0. The third kappa shape index (κ3) is 2.85. The number of fused-ring (bicyclic) bond motifs is 4. The normalized spacial score (nSPS) is 35.4. The Bertz CT molecular complexity index is 853. The van der Waals surface area contributed by atoms with E-state index in [-0.39, 0.29) is 0 Å². The molecule has 2 bridgehead atoms. The van der Waals surface area contributed by atoms with Gasteiger partial charge in [0, 0.05) is 48.1 Å². The Labute approximate surface area is 168 Å². The molecule has 6 atom stereocenters. The zero-order valence-corrected chi connectivity index (χ0v) is 17.4. The first-order valence-electron chi connectivity index (χ1n) is 11.5. The highest BCUT2D eigenvalue weighted by molar-refractivity contribution is 5.87. The molecular weight excluding hydrogens is 344 g/mol. The lowest BCUT2D eigenvalue weighted by Crippen LogP contribution is -2.65. The number of benzene rings is 1. The summed E-state index contributed by atoms with van der Waals surface area (Å²) in [6.45, 7) is 6.74. The van der Waals surface area contributed by atoms with Crippen LogP contribution < -0.4 is 0 Å². The first-order chi connectivity index (χ1) is 13.7. The molecule has 4 fully saturated rings. The van der Waals surface area contributed by atoms with Crippen LogP contribution in [0.4, 0.5) is 0 Å². The van der Waals surface area contributed by atoms with E-state index in [4.69, 9.17) is 0 Å². The number of ketones is 1. The lowest BCUT2D eigenvalue weighted by Gasteiger charge is -2.57. The van der Waals surface area contributed by atoms with E-state index >= 15 is 0 Å². The second kappa shape index (κ2) is 7.33. The third-order valence-electron chi connectivity index (χ3n) is 8.38. The Morgan fingerprint density at radius 1 is 1.11 bits per heavy atom. The Morgan fingerprint density at radius 3 is 2.68 bits per heavy atom. The molecule has 28 heavy (non-hydrogen) atoms. The molecule has 4 aliphatic rings. The number of H-pyrrole nitrogens is 1. The van der Waals surface area contributed by atoms with Gasteiger partial charge >= 0.3 is 0 Å². The van der Waals surface area contributed by atoms with Gasteiger partial charge in [-0.25, -0.2) is 0 Å². The number of hydrogen-bond donors (Lipinski definition) is 1. The first kappa shape index (κ1) is 18.4. The molecule has 2 saturated heterocycles. The smallest absolute Gasteiger partial charge is 0.142 e. The summed E-state index contributed by atoms with van der Waals surface area (Å²) in [6, 6.07) is 9.10. The van der Waals surface area contributed by atoms with Gasteiger partial charge in [-0.1, -0.05) is 44.9 Å². The van der Waals surface area contributed by atoms with Crippen molar-refractivity contribution < 1.29 is 4.79 Å². The maximum Gasteiger partial charge on any atom is 0.142 e. The molecule has 3 nitrogen and oxygen atoms in total. The highest BCUT2D eigenvalue weighted by atomic mass is 16.1. The van der Waals surface area contributed by atoms with Crippen molar-refractivity contribution in [3.8, 4) is 0 Å². The van der Waals surface area contributed by atoms with Gasteiger partial charge in [0.15, 0.2) is 0 Å². The van der Waals surface area contributed by atoms with Crippen molar-refractivity contribution in [2.75, 3.05) is 13.1 Å². The van der Waals surface area contributed by atoms with E-state index in [0.717, 1.165) is 31.8 Å². The minimum Gasteiger partial charge on any atom is -0.361 e. The molecule has 1 N–H and O–H groups in total. The number of Topliss-reactive ketones (excluding diaryl/α,β-unsaturated/α-hetero) is 1. The largest absolute Gasteiger partial charge is 0.361 e. The van der Waals surface area contributed by atoms with E-state index in [1.807, 2.05) is 0 Å². The molecule has 150 valence electrons.